The number of hydrogen-bond acceptors (Lipinski definition) is 1. The molecule has 0 unspecified atom stereocenters. The van der Waals surface area contributed by atoms with Crippen LogP contribution in [-0.4, -0.2) is 29.2 Å². The molecule has 0 saturated heterocycles. The first-order valence-corrected chi connectivity index (χ1v) is 7.50. The predicted octanol–water partition coefficient (Wildman–Crippen LogP) is 3.88. The minimum atomic E-state index is -4.34. The number of nitrogens with zero attached hydrogens (tertiary/aromatic N) is 1. The zero-order chi connectivity index (χ0) is 15.2. The Morgan fingerprint density at radius 2 is 1.80 bits per heavy atom. The van der Waals surface area contributed by atoms with Gasteiger partial charge >= 0.3 is 6.18 Å². The fourth-order valence-corrected chi connectivity index (χ4v) is 2.26. The van der Waals surface area contributed by atoms with E-state index in [1.807, 2.05) is 6.92 Å². The quantitative estimate of drug-likeness (QED) is 0.712. The average Bonchev–Trinajstić information content (AvgIpc) is 2.38. The maximum Gasteiger partial charge on any atom is 0.416 e. The number of benzene rings is 1. The third kappa shape index (κ3) is 5.15. The Morgan fingerprint density at radius 3 is 2.25 bits per heavy atom. The molecule has 0 bridgehead atoms. The summed E-state index contributed by atoms with van der Waals surface area (Å²) in [6.45, 7) is 3.24. The smallest absolute Gasteiger partial charge is 0.342 e. The average molecular weight is 352 g/mol. The summed E-state index contributed by atoms with van der Waals surface area (Å²) < 4.78 is 37.3. The zero-order valence-corrected chi connectivity index (χ0v) is 12.8. The van der Waals surface area contributed by atoms with Crippen LogP contribution in [0.5, 0.6) is 0 Å². The predicted molar refractivity (Wildman–Crippen MR) is 75.8 cm³/mol. The summed E-state index contributed by atoms with van der Waals surface area (Å²) >= 11 is 3.29. The van der Waals surface area contributed by atoms with E-state index in [9.17, 15) is 18.0 Å². The van der Waals surface area contributed by atoms with Gasteiger partial charge in [-0.1, -0.05) is 35.0 Å². The summed E-state index contributed by atoms with van der Waals surface area (Å²) in [6, 6.07) is 4.74. The van der Waals surface area contributed by atoms with Gasteiger partial charge in [-0.15, -0.1) is 0 Å². The van der Waals surface area contributed by atoms with Crippen molar-refractivity contribution in [1.29, 1.82) is 0 Å². The highest BCUT2D eigenvalue weighted by Crippen LogP contribution is 2.29. The van der Waals surface area contributed by atoms with Crippen molar-refractivity contribution in [3.8, 4) is 0 Å². The van der Waals surface area contributed by atoms with Crippen molar-refractivity contribution in [1.82, 2.24) is 4.90 Å². The molecule has 0 aromatic heterocycles. The van der Waals surface area contributed by atoms with Gasteiger partial charge in [-0.2, -0.15) is 13.2 Å². The monoisotopic (exact) mass is 351 g/mol. The highest BCUT2D eigenvalue weighted by atomic mass is 79.9. The Labute approximate surface area is 125 Å². The van der Waals surface area contributed by atoms with Gasteiger partial charge in [-0.3, -0.25) is 4.79 Å². The summed E-state index contributed by atoms with van der Waals surface area (Å²) in [5.74, 6) is -0.0638. The van der Waals surface area contributed by atoms with Crippen LogP contribution in [0.25, 0.3) is 0 Å². The molecule has 20 heavy (non-hydrogen) atoms. The maximum absolute atomic E-state index is 12.4. The summed E-state index contributed by atoms with van der Waals surface area (Å²) in [7, 11) is 0. The van der Waals surface area contributed by atoms with Crippen molar-refractivity contribution in [2.24, 2.45) is 0 Å². The Kier molecular flexibility index (Phi) is 6.52. The number of alkyl halides is 4. The van der Waals surface area contributed by atoms with Crippen LogP contribution in [0.3, 0.4) is 0 Å². The third-order valence-electron chi connectivity index (χ3n) is 2.84. The van der Waals surface area contributed by atoms with E-state index < -0.39 is 11.7 Å². The van der Waals surface area contributed by atoms with Gasteiger partial charge in [0.2, 0.25) is 5.91 Å². The van der Waals surface area contributed by atoms with E-state index in [1.54, 1.807) is 4.90 Å². The molecule has 0 aliphatic carbocycles. The number of halogens is 4. The van der Waals surface area contributed by atoms with Gasteiger partial charge in [0.15, 0.2) is 0 Å². The van der Waals surface area contributed by atoms with E-state index in [1.165, 1.54) is 12.1 Å². The van der Waals surface area contributed by atoms with Crippen molar-refractivity contribution >= 4 is 21.8 Å². The second kappa shape index (κ2) is 7.67. The molecule has 0 spiro atoms. The minimum Gasteiger partial charge on any atom is -0.342 e. The number of rotatable bonds is 6. The Bertz CT molecular complexity index is 425. The molecule has 1 amide bonds. The molecule has 0 aliphatic rings. The first-order chi connectivity index (χ1) is 9.38. The van der Waals surface area contributed by atoms with Gasteiger partial charge in [0.25, 0.3) is 0 Å². The normalized spacial score (nSPS) is 11.4. The number of amides is 1. The zero-order valence-electron chi connectivity index (χ0n) is 11.2. The first kappa shape index (κ1) is 17.0. The van der Waals surface area contributed by atoms with Crippen LogP contribution in [0.4, 0.5) is 13.2 Å². The van der Waals surface area contributed by atoms with Crippen LogP contribution in [0.2, 0.25) is 0 Å². The van der Waals surface area contributed by atoms with Crippen LogP contribution < -0.4 is 0 Å². The van der Waals surface area contributed by atoms with Crippen LogP contribution in [0, 0.1) is 0 Å². The highest BCUT2D eigenvalue weighted by molar-refractivity contribution is 9.09. The van der Waals surface area contributed by atoms with Gasteiger partial charge in [0, 0.05) is 18.4 Å². The summed E-state index contributed by atoms with van der Waals surface area (Å²) in [5.41, 5.74) is -0.0988. The molecule has 0 N–H and O–H groups in total. The fourth-order valence-electron chi connectivity index (χ4n) is 1.83. The molecule has 0 atom stereocenters. The SMILES string of the molecule is CCCN(CCBr)C(=O)Cc1ccc(C(F)(F)F)cc1. The number of carbonyl (C=O) groups excluding carboxylic acids is 1. The maximum atomic E-state index is 12.4. The van der Waals surface area contributed by atoms with Crippen molar-refractivity contribution in [3.63, 3.8) is 0 Å². The van der Waals surface area contributed by atoms with E-state index in [2.05, 4.69) is 15.9 Å². The molecule has 0 fully saturated rings. The van der Waals surface area contributed by atoms with E-state index in [0.717, 1.165) is 18.6 Å². The van der Waals surface area contributed by atoms with Gasteiger partial charge < -0.3 is 4.90 Å². The number of carbonyl (C=O) groups is 1. The molecular formula is C14H17BrF3NO. The molecule has 0 aliphatic heterocycles. The minimum absolute atomic E-state index is 0.0638. The van der Waals surface area contributed by atoms with Crippen LogP contribution in [0.15, 0.2) is 24.3 Å². The highest BCUT2D eigenvalue weighted by Gasteiger charge is 2.30. The first-order valence-electron chi connectivity index (χ1n) is 6.38. The second-order valence-corrected chi connectivity index (χ2v) is 5.23. The summed E-state index contributed by atoms with van der Waals surface area (Å²) in [6.07, 6.45) is -3.36. The summed E-state index contributed by atoms with van der Waals surface area (Å²) in [5, 5.41) is 0.686. The molecule has 112 valence electrons. The lowest BCUT2D eigenvalue weighted by Gasteiger charge is -2.21. The van der Waals surface area contributed by atoms with E-state index >= 15 is 0 Å². The molecule has 0 saturated carbocycles. The molecule has 1 aromatic carbocycles. The van der Waals surface area contributed by atoms with Gasteiger partial charge in [-0.05, 0) is 24.1 Å². The van der Waals surface area contributed by atoms with Gasteiger partial charge in [0.05, 0.1) is 12.0 Å². The third-order valence-corrected chi connectivity index (χ3v) is 3.19. The lowest BCUT2D eigenvalue weighted by atomic mass is 10.1. The van der Waals surface area contributed by atoms with Crippen molar-refractivity contribution < 1.29 is 18.0 Å². The molecule has 1 aromatic rings. The molecule has 0 heterocycles. The van der Waals surface area contributed by atoms with Crippen molar-refractivity contribution in [2.45, 2.75) is 25.9 Å². The van der Waals surface area contributed by atoms with Crippen LogP contribution >= 0.6 is 15.9 Å². The number of hydrogen-bond donors (Lipinski definition) is 0. The van der Waals surface area contributed by atoms with Crippen LogP contribution in [0.1, 0.15) is 24.5 Å². The van der Waals surface area contributed by atoms with Crippen molar-refractivity contribution in [2.75, 3.05) is 18.4 Å². The van der Waals surface area contributed by atoms with Gasteiger partial charge in [0.1, 0.15) is 0 Å². The van der Waals surface area contributed by atoms with Gasteiger partial charge in [-0.25, -0.2) is 0 Å². The topological polar surface area (TPSA) is 20.3 Å². The summed E-state index contributed by atoms with van der Waals surface area (Å²) in [4.78, 5) is 13.8. The second-order valence-electron chi connectivity index (χ2n) is 4.44. The lowest BCUT2D eigenvalue weighted by molar-refractivity contribution is -0.137. The fraction of sp³-hybridized carbons (Fsp3) is 0.500. The van der Waals surface area contributed by atoms with E-state index in [4.69, 9.17) is 0 Å². The standard InChI is InChI=1S/C14H17BrF3NO/c1-2-8-19(9-7-15)13(20)10-11-3-5-12(6-4-11)14(16,17)18/h3-6H,2,7-10H2,1H3. The Morgan fingerprint density at radius 1 is 1.20 bits per heavy atom. The van der Waals surface area contributed by atoms with E-state index in [0.29, 0.717) is 24.0 Å². The van der Waals surface area contributed by atoms with Crippen LogP contribution in [-0.2, 0) is 17.4 Å². The molecule has 6 heteroatoms. The molecular weight excluding hydrogens is 335 g/mol. The molecule has 2 nitrogen and oxygen atoms in total. The van der Waals surface area contributed by atoms with Crippen molar-refractivity contribution in [3.05, 3.63) is 35.4 Å². The lowest BCUT2D eigenvalue weighted by Crippen LogP contribution is -2.34. The molecule has 0 radical (unpaired) electrons. The Balaban J connectivity index is 2.70. The largest absolute Gasteiger partial charge is 0.416 e. The van der Waals surface area contributed by atoms with E-state index in [-0.39, 0.29) is 12.3 Å². The molecule has 1 rings (SSSR count). The Hall–Kier alpha value is -1.04.